The van der Waals surface area contributed by atoms with Gasteiger partial charge < -0.3 is 19.1 Å². The van der Waals surface area contributed by atoms with Gasteiger partial charge in [0, 0.05) is 18.9 Å². The molecule has 0 aromatic heterocycles. The van der Waals surface area contributed by atoms with Crippen molar-refractivity contribution in [2.24, 2.45) is 0 Å². The SMILES string of the molecule is CN(C)CCOc1cc(S(C)(=O)=O)ccc1N(C(=O)OC(C)(C)C)C(=O)OC(C)(C)C. The standard InChI is InChI=1S/C21H34N2O7S/c1-20(2,3)29-18(24)23(19(25)30-21(4,5)6)16-11-10-15(31(9,26)27)14-17(16)28-13-12-22(7)8/h10-11,14H,12-13H2,1-9H3. The third kappa shape index (κ3) is 9.14. The largest absolute Gasteiger partial charge is 0.490 e. The molecule has 0 heterocycles. The van der Waals surface area contributed by atoms with E-state index >= 15 is 0 Å². The molecule has 0 bridgehead atoms. The summed E-state index contributed by atoms with van der Waals surface area (Å²) in [7, 11) is 0.156. The fourth-order valence-corrected chi connectivity index (χ4v) is 2.89. The lowest BCUT2D eigenvalue weighted by Gasteiger charge is -2.29. The number of likely N-dealkylation sites (N-methyl/N-ethyl adjacent to an activating group) is 1. The van der Waals surface area contributed by atoms with Crippen LogP contribution < -0.4 is 9.64 Å². The van der Waals surface area contributed by atoms with E-state index in [0.29, 0.717) is 11.4 Å². The van der Waals surface area contributed by atoms with E-state index < -0.39 is 33.2 Å². The number of carbonyl (C=O) groups excluding carboxylic acids is 2. The molecule has 0 aliphatic carbocycles. The van der Waals surface area contributed by atoms with Crippen LogP contribution in [0.2, 0.25) is 0 Å². The number of hydrogen-bond acceptors (Lipinski definition) is 8. The maximum Gasteiger partial charge on any atom is 0.424 e. The van der Waals surface area contributed by atoms with E-state index in [9.17, 15) is 18.0 Å². The molecule has 0 unspecified atom stereocenters. The Balaban J connectivity index is 3.55. The molecular formula is C21H34N2O7S. The lowest BCUT2D eigenvalue weighted by molar-refractivity contribution is 0.0429. The summed E-state index contributed by atoms with van der Waals surface area (Å²) in [6, 6.07) is 3.91. The normalized spacial score (nSPS) is 12.5. The number of carbonyl (C=O) groups is 2. The third-order valence-corrected chi connectivity index (χ3v) is 4.66. The van der Waals surface area contributed by atoms with Gasteiger partial charge in [0.15, 0.2) is 9.84 Å². The monoisotopic (exact) mass is 458 g/mol. The summed E-state index contributed by atoms with van der Waals surface area (Å²) in [4.78, 5) is 28.4. The predicted molar refractivity (Wildman–Crippen MR) is 119 cm³/mol. The van der Waals surface area contributed by atoms with Gasteiger partial charge in [-0.15, -0.1) is 0 Å². The Labute approximate surface area is 185 Å². The average molecular weight is 459 g/mol. The van der Waals surface area contributed by atoms with Gasteiger partial charge in [-0.1, -0.05) is 0 Å². The Bertz CT molecular complexity index is 869. The van der Waals surface area contributed by atoms with Gasteiger partial charge in [0.2, 0.25) is 0 Å². The second-order valence-corrected chi connectivity index (χ2v) is 11.4. The number of sulfone groups is 1. The maximum atomic E-state index is 12.9. The Morgan fingerprint density at radius 1 is 0.935 bits per heavy atom. The molecule has 0 radical (unpaired) electrons. The highest BCUT2D eigenvalue weighted by Crippen LogP contribution is 2.33. The zero-order chi connectivity index (χ0) is 24.2. The van der Waals surface area contributed by atoms with Gasteiger partial charge in [0.1, 0.15) is 29.2 Å². The minimum absolute atomic E-state index is 0.00979. The van der Waals surface area contributed by atoms with Crippen molar-refractivity contribution in [1.82, 2.24) is 4.90 Å². The lowest BCUT2D eigenvalue weighted by Crippen LogP contribution is -2.44. The van der Waals surface area contributed by atoms with E-state index in [1.54, 1.807) is 41.5 Å². The van der Waals surface area contributed by atoms with Crippen LogP contribution in [0, 0.1) is 0 Å². The number of anilines is 1. The summed E-state index contributed by atoms with van der Waals surface area (Å²) in [6.45, 7) is 10.7. The summed E-state index contributed by atoms with van der Waals surface area (Å²) >= 11 is 0. The molecule has 1 rings (SSSR count). The summed E-state index contributed by atoms with van der Waals surface area (Å²) in [5.41, 5.74) is -1.74. The number of amides is 2. The van der Waals surface area contributed by atoms with Crippen LogP contribution in [-0.4, -0.2) is 70.2 Å². The molecule has 0 aliphatic rings. The first-order chi connectivity index (χ1) is 13.9. The van der Waals surface area contributed by atoms with E-state index in [1.165, 1.54) is 18.2 Å². The highest BCUT2D eigenvalue weighted by molar-refractivity contribution is 7.90. The molecule has 10 heteroatoms. The molecule has 0 saturated carbocycles. The first-order valence-corrected chi connectivity index (χ1v) is 11.7. The van der Waals surface area contributed by atoms with Gasteiger partial charge in [-0.3, -0.25) is 0 Å². The molecule has 1 aromatic carbocycles. The number of hydrogen-bond donors (Lipinski definition) is 0. The Kier molecular flexibility index (Phi) is 8.50. The van der Waals surface area contributed by atoms with Crippen molar-refractivity contribution in [3.63, 3.8) is 0 Å². The highest BCUT2D eigenvalue weighted by Gasteiger charge is 2.35. The van der Waals surface area contributed by atoms with Crippen molar-refractivity contribution >= 4 is 27.7 Å². The van der Waals surface area contributed by atoms with Gasteiger partial charge in [-0.2, -0.15) is 4.90 Å². The van der Waals surface area contributed by atoms with Crippen LogP contribution in [0.5, 0.6) is 5.75 Å². The molecule has 0 saturated heterocycles. The van der Waals surface area contributed by atoms with Crippen molar-refractivity contribution in [3.05, 3.63) is 18.2 Å². The summed E-state index contributed by atoms with van der Waals surface area (Å²) in [6.07, 6.45) is -0.872. The molecule has 0 fully saturated rings. The van der Waals surface area contributed by atoms with E-state index in [1.807, 2.05) is 19.0 Å². The smallest absolute Gasteiger partial charge is 0.424 e. The molecule has 0 atom stereocenters. The van der Waals surface area contributed by atoms with Crippen LogP contribution >= 0.6 is 0 Å². The fraction of sp³-hybridized carbons (Fsp3) is 0.619. The average Bonchev–Trinajstić information content (AvgIpc) is 2.51. The summed E-state index contributed by atoms with van der Waals surface area (Å²) in [5, 5.41) is 0. The van der Waals surface area contributed by atoms with Crippen LogP contribution in [-0.2, 0) is 19.3 Å². The van der Waals surface area contributed by atoms with E-state index in [0.717, 1.165) is 6.26 Å². The Hall–Kier alpha value is -2.33. The molecule has 2 amide bonds. The lowest BCUT2D eigenvalue weighted by atomic mass is 10.2. The van der Waals surface area contributed by atoms with Gasteiger partial charge in [-0.05, 0) is 67.8 Å². The molecule has 9 nitrogen and oxygen atoms in total. The number of imide groups is 1. The predicted octanol–water partition coefficient (Wildman–Crippen LogP) is 3.71. The molecule has 1 aromatic rings. The highest BCUT2D eigenvalue weighted by atomic mass is 32.2. The second kappa shape index (κ2) is 9.86. The number of nitrogens with zero attached hydrogens (tertiary/aromatic N) is 2. The van der Waals surface area contributed by atoms with Crippen molar-refractivity contribution in [1.29, 1.82) is 0 Å². The second-order valence-electron chi connectivity index (χ2n) is 9.35. The summed E-state index contributed by atoms with van der Waals surface area (Å²) in [5.74, 6) is 0.0430. The van der Waals surface area contributed by atoms with Crippen molar-refractivity contribution < 1.29 is 32.2 Å². The first kappa shape index (κ1) is 26.7. The van der Waals surface area contributed by atoms with Gasteiger partial charge >= 0.3 is 12.2 Å². The van der Waals surface area contributed by atoms with Crippen LogP contribution in [0.25, 0.3) is 0 Å². The third-order valence-electron chi connectivity index (χ3n) is 3.55. The maximum absolute atomic E-state index is 12.9. The number of benzene rings is 1. The van der Waals surface area contributed by atoms with E-state index in [2.05, 4.69) is 0 Å². The number of rotatable bonds is 6. The van der Waals surface area contributed by atoms with Crippen LogP contribution in [0.15, 0.2) is 23.1 Å². The molecule has 0 aliphatic heterocycles. The van der Waals surface area contributed by atoms with Crippen LogP contribution in [0.1, 0.15) is 41.5 Å². The fourth-order valence-electron chi connectivity index (χ4n) is 2.25. The van der Waals surface area contributed by atoms with E-state index in [-0.39, 0.29) is 22.9 Å². The van der Waals surface area contributed by atoms with Crippen molar-refractivity contribution in [3.8, 4) is 5.75 Å². The zero-order valence-electron chi connectivity index (χ0n) is 19.8. The Morgan fingerprint density at radius 2 is 1.42 bits per heavy atom. The summed E-state index contributed by atoms with van der Waals surface area (Å²) < 4.78 is 40.6. The van der Waals surface area contributed by atoms with E-state index in [4.69, 9.17) is 14.2 Å². The van der Waals surface area contributed by atoms with Gasteiger partial charge in [-0.25, -0.2) is 18.0 Å². The number of ether oxygens (including phenoxy) is 3. The van der Waals surface area contributed by atoms with Crippen molar-refractivity contribution in [2.45, 2.75) is 57.6 Å². The molecule has 176 valence electrons. The topological polar surface area (TPSA) is 102 Å². The first-order valence-electron chi connectivity index (χ1n) is 9.78. The minimum atomic E-state index is -3.55. The van der Waals surface area contributed by atoms with Crippen molar-refractivity contribution in [2.75, 3.05) is 38.4 Å². The minimum Gasteiger partial charge on any atom is -0.490 e. The quantitative estimate of drug-likeness (QED) is 0.636. The molecule has 0 spiro atoms. The molecule has 31 heavy (non-hydrogen) atoms. The molecule has 0 N–H and O–H groups in total. The van der Waals surface area contributed by atoms with Gasteiger partial charge in [0.25, 0.3) is 0 Å². The zero-order valence-corrected chi connectivity index (χ0v) is 20.6. The Morgan fingerprint density at radius 3 is 1.81 bits per heavy atom. The van der Waals surface area contributed by atoms with Gasteiger partial charge in [0.05, 0.1) is 4.90 Å². The van der Waals surface area contributed by atoms with Crippen LogP contribution in [0.4, 0.5) is 15.3 Å². The van der Waals surface area contributed by atoms with Crippen LogP contribution in [0.3, 0.4) is 0 Å². The molecular weight excluding hydrogens is 424 g/mol.